The summed E-state index contributed by atoms with van der Waals surface area (Å²) in [6.07, 6.45) is 6.47. The van der Waals surface area contributed by atoms with Gasteiger partial charge in [0.25, 0.3) is 0 Å². The van der Waals surface area contributed by atoms with E-state index in [0.29, 0.717) is 0 Å². The van der Waals surface area contributed by atoms with E-state index in [2.05, 4.69) is 30.1 Å². The Morgan fingerprint density at radius 3 is 2.92 bits per heavy atom. The topological polar surface area (TPSA) is 75.6 Å². The number of fused-ring (bicyclic) bond motifs is 1. The second kappa shape index (κ2) is 6.20. The lowest BCUT2D eigenvalue weighted by Crippen LogP contribution is -2.31. The van der Waals surface area contributed by atoms with Gasteiger partial charge in [0.2, 0.25) is 5.65 Å². The van der Waals surface area contributed by atoms with Crippen LogP contribution in [0.25, 0.3) is 5.65 Å². The third-order valence-electron chi connectivity index (χ3n) is 4.65. The smallest absolute Gasteiger partial charge is 0.203 e. The Hall–Kier alpha value is -2.48. The van der Waals surface area contributed by atoms with Crippen molar-refractivity contribution in [2.24, 2.45) is 0 Å². The van der Waals surface area contributed by atoms with Crippen LogP contribution in [0.4, 0.5) is 5.82 Å². The number of aromatic nitrogens is 5. The molecule has 0 spiro atoms. The number of hydrogen-bond acceptors (Lipinski definition) is 7. The molecule has 3 aromatic rings. The van der Waals surface area contributed by atoms with Gasteiger partial charge in [-0.3, -0.25) is 9.30 Å². The van der Waals surface area contributed by atoms with Crippen molar-refractivity contribution >= 4 is 11.5 Å². The molecular formula is C16H21N7O. The molecule has 4 heterocycles. The van der Waals surface area contributed by atoms with Crippen LogP contribution in [0.1, 0.15) is 23.4 Å². The van der Waals surface area contributed by atoms with E-state index >= 15 is 0 Å². The largest absolute Gasteiger partial charge is 0.361 e. The Balaban J connectivity index is 1.49. The highest BCUT2D eigenvalue weighted by Gasteiger charge is 2.20. The third kappa shape index (κ3) is 2.73. The fourth-order valence-corrected chi connectivity index (χ4v) is 3.26. The van der Waals surface area contributed by atoms with Gasteiger partial charge in [0.1, 0.15) is 12.1 Å². The number of aryl methyl sites for hydroxylation is 2. The minimum Gasteiger partial charge on any atom is -0.361 e. The van der Waals surface area contributed by atoms with E-state index in [0.717, 1.165) is 62.1 Å². The Kier molecular flexibility index (Phi) is 3.89. The zero-order chi connectivity index (χ0) is 16.5. The van der Waals surface area contributed by atoms with Crippen LogP contribution >= 0.6 is 0 Å². The third-order valence-corrected chi connectivity index (χ3v) is 4.65. The number of rotatable bonds is 3. The molecule has 0 radical (unpaired) electrons. The van der Waals surface area contributed by atoms with Crippen molar-refractivity contribution in [1.29, 1.82) is 0 Å². The zero-order valence-corrected chi connectivity index (χ0v) is 14.0. The molecule has 0 bridgehead atoms. The van der Waals surface area contributed by atoms with E-state index in [-0.39, 0.29) is 0 Å². The highest BCUT2D eigenvalue weighted by molar-refractivity contribution is 5.63. The van der Waals surface area contributed by atoms with Crippen LogP contribution in [-0.2, 0) is 6.54 Å². The van der Waals surface area contributed by atoms with Crippen LogP contribution in [0.2, 0.25) is 0 Å². The number of hydrogen-bond donors (Lipinski definition) is 0. The molecular weight excluding hydrogens is 306 g/mol. The van der Waals surface area contributed by atoms with Crippen molar-refractivity contribution in [3.05, 3.63) is 35.7 Å². The molecule has 1 saturated heterocycles. The highest BCUT2D eigenvalue weighted by atomic mass is 16.5. The Morgan fingerprint density at radius 1 is 1.17 bits per heavy atom. The predicted molar refractivity (Wildman–Crippen MR) is 88.9 cm³/mol. The normalized spacial score (nSPS) is 16.7. The van der Waals surface area contributed by atoms with Crippen molar-refractivity contribution < 1.29 is 4.52 Å². The lowest BCUT2D eigenvalue weighted by molar-refractivity contribution is 0.282. The molecule has 4 rings (SSSR count). The summed E-state index contributed by atoms with van der Waals surface area (Å²) in [4.78, 5) is 9.29. The Bertz CT molecular complexity index is 820. The molecule has 1 aliphatic heterocycles. The summed E-state index contributed by atoms with van der Waals surface area (Å²) in [5.41, 5.74) is 3.02. The Labute approximate surface area is 140 Å². The van der Waals surface area contributed by atoms with Gasteiger partial charge in [-0.15, -0.1) is 10.2 Å². The molecule has 0 atom stereocenters. The van der Waals surface area contributed by atoms with Crippen LogP contribution in [0, 0.1) is 13.8 Å². The molecule has 0 aliphatic carbocycles. The van der Waals surface area contributed by atoms with Crippen molar-refractivity contribution in [2.45, 2.75) is 26.8 Å². The first-order valence-electron chi connectivity index (χ1n) is 8.26. The molecule has 1 aliphatic rings. The zero-order valence-electron chi connectivity index (χ0n) is 14.0. The molecule has 3 aromatic heterocycles. The minimum absolute atomic E-state index is 0.816. The van der Waals surface area contributed by atoms with Crippen LogP contribution in [0.3, 0.4) is 0 Å². The maximum atomic E-state index is 5.28. The molecule has 8 heteroatoms. The van der Waals surface area contributed by atoms with Crippen LogP contribution in [0.15, 0.2) is 23.2 Å². The molecule has 1 fully saturated rings. The maximum absolute atomic E-state index is 5.28. The average Bonchev–Trinajstić information content (AvgIpc) is 3.10. The molecule has 0 aromatic carbocycles. The minimum atomic E-state index is 0.816. The second-order valence-electron chi connectivity index (χ2n) is 6.23. The Morgan fingerprint density at radius 2 is 2.08 bits per heavy atom. The first-order valence-corrected chi connectivity index (χ1v) is 8.26. The van der Waals surface area contributed by atoms with E-state index in [4.69, 9.17) is 4.52 Å². The van der Waals surface area contributed by atoms with Crippen LogP contribution in [-0.4, -0.2) is 55.8 Å². The summed E-state index contributed by atoms with van der Waals surface area (Å²) >= 11 is 0. The van der Waals surface area contributed by atoms with Gasteiger partial charge in [0, 0.05) is 50.7 Å². The van der Waals surface area contributed by atoms with Gasteiger partial charge in [0.05, 0.1) is 5.69 Å². The molecule has 8 nitrogen and oxygen atoms in total. The summed E-state index contributed by atoms with van der Waals surface area (Å²) in [7, 11) is 0. The van der Waals surface area contributed by atoms with E-state index in [1.165, 1.54) is 5.56 Å². The van der Waals surface area contributed by atoms with Crippen molar-refractivity contribution in [1.82, 2.24) is 29.6 Å². The lowest BCUT2D eigenvalue weighted by Gasteiger charge is -2.22. The summed E-state index contributed by atoms with van der Waals surface area (Å²) in [5.74, 6) is 1.83. The van der Waals surface area contributed by atoms with Crippen LogP contribution < -0.4 is 4.90 Å². The van der Waals surface area contributed by atoms with Gasteiger partial charge in [-0.2, -0.15) is 0 Å². The number of anilines is 1. The SMILES string of the molecule is Cc1noc(C)c1CN1CCCN(c2nccn3cnnc23)CC1. The van der Waals surface area contributed by atoms with Crippen molar-refractivity contribution in [3.8, 4) is 0 Å². The van der Waals surface area contributed by atoms with Gasteiger partial charge in [0.15, 0.2) is 5.82 Å². The predicted octanol–water partition coefficient (Wildman–Crippen LogP) is 1.44. The maximum Gasteiger partial charge on any atom is 0.203 e. The van der Waals surface area contributed by atoms with Gasteiger partial charge < -0.3 is 9.42 Å². The first-order chi connectivity index (χ1) is 11.7. The van der Waals surface area contributed by atoms with E-state index in [1.54, 1.807) is 12.5 Å². The molecule has 24 heavy (non-hydrogen) atoms. The second-order valence-corrected chi connectivity index (χ2v) is 6.23. The summed E-state index contributed by atoms with van der Waals surface area (Å²) in [6, 6.07) is 0. The summed E-state index contributed by atoms with van der Waals surface area (Å²) in [6.45, 7) is 8.79. The van der Waals surface area contributed by atoms with Gasteiger partial charge in [-0.25, -0.2) is 4.98 Å². The average molecular weight is 327 g/mol. The quantitative estimate of drug-likeness (QED) is 0.720. The van der Waals surface area contributed by atoms with E-state index < -0.39 is 0 Å². The van der Waals surface area contributed by atoms with Crippen LogP contribution in [0.5, 0.6) is 0 Å². The first kappa shape index (κ1) is 15.1. The van der Waals surface area contributed by atoms with Gasteiger partial charge >= 0.3 is 0 Å². The van der Waals surface area contributed by atoms with Gasteiger partial charge in [-0.05, 0) is 20.3 Å². The molecule has 0 saturated carbocycles. The number of nitrogens with zero attached hydrogens (tertiary/aromatic N) is 7. The molecule has 0 N–H and O–H groups in total. The van der Waals surface area contributed by atoms with E-state index in [9.17, 15) is 0 Å². The highest BCUT2D eigenvalue weighted by Crippen LogP contribution is 2.20. The van der Waals surface area contributed by atoms with Crippen molar-refractivity contribution in [3.63, 3.8) is 0 Å². The monoisotopic (exact) mass is 327 g/mol. The molecule has 126 valence electrons. The standard InChI is InChI=1S/C16H21N7O/c1-12-14(13(2)24-20-12)10-21-5-3-6-22(9-8-21)15-16-19-18-11-23(16)7-4-17-15/h4,7,11H,3,5-6,8-10H2,1-2H3. The molecule has 0 unspecified atom stereocenters. The van der Waals surface area contributed by atoms with Crippen molar-refractivity contribution in [2.75, 3.05) is 31.1 Å². The fraction of sp³-hybridized carbons (Fsp3) is 0.500. The van der Waals surface area contributed by atoms with E-state index in [1.807, 2.05) is 24.4 Å². The summed E-state index contributed by atoms with van der Waals surface area (Å²) < 4.78 is 7.19. The molecule has 0 amide bonds. The fourth-order valence-electron chi connectivity index (χ4n) is 3.26. The lowest BCUT2D eigenvalue weighted by atomic mass is 10.2. The van der Waals surface area contributed by atoms with Gasteiger partial charge in [-0.1, -0.05) is 5.16 Å². The summed E-state index contributed by atoms with van der Waals surface area (Å²) in [5, 5.41) is 12.2.